The van der Waals surface area contributed by atoms with Crippen molar-refractivity contribution < 1.29 is 9.47 Å². The Morgan fingerprint density at radius 3 is 3.05 bits per heavy atom. The molecule has 1 saturated heterocycles. The summed E-state index contributed by atoms with van der Waals surface area (Å²) in [5.41, 5.74) is 7.34. The van der Waals surface area contributed by atoms with Gasteiger partial charge in [-0.25, -0.2) is 4.68 Å². The van der Waals surface area contributed by atoms with Gasteiger partial charge in [0.25, 0.3) is 0 Å². The minimum atomic E-state index is 0.224. The average Bonchev–Trinajstić information content (AvgIpc) is 2.97. The predicted octanol–water partition coefficient (Wildman–Crippen LogP) is 1.67. The smallest absolute Gasteiger partial charge is 0.182 e. The van der Waals surface area contributed by atoms with E-state index in [1.54, 1.807) is 13.2 Å². The zero-order chi connectivity index (χ0) is 14.8. The molecule has 0 aliphatic carbocycles. The van der Waals surface area contributed by atoms with E-state index < -0.39 is 0 Å². The van der Waals surface area contributed by atoms with Crippen molar-refractivity contribution >= 4 is 5.69 Å². The van der Waals surface area contributed by atoms with Crippen LogP contribution in [-0.2, 0) is 4.74 Å². The number of nitrogens with two attached hydrogens (primary N) is 1. The van der Waals surface area contributed by atoms with E-state index in [2.05, 4.69) is 22.4 Å². The average molecular weight is 289 g/mol. The largest absolute Gasteiger partial charge is 0.495 e. The molecule has 2 heterocycles. The molecule has 0 saturated carbocycles. The van der Waals surface area contributed by atoms with Crippen LogP contribution < -0.4 is 10.5 Å². The molecule has 1 fully saturated rings. The molecule has 1 aliphatic rings. The number of nitrogen functional groups attached to an aromatic ring is 1. The lowest BCUT2D eigenvalue weighted by atomic mass is 10.0. The van der Waals surface area contributed by atoms with Crippen molar-refractivity contribution in [1.29, 1.82) is 0 Å². The molecule has 112 valence electrons. The van der Waals surface area contributed by atoms with Crippen LogP contribution in [0.5, 0.6) is 5.75 Å². The molecule has 2 unspecified atom stereocenters. The van der Waals surface area contributed by atoms with Gasteiger partial charge in [0.15, 0.2) is 5.82 Å². The maximum absolute atomic E-state index is 5.85. The minimum absolute atomic E-state index is 0.224. The van der Waals surface area contributed by atoms with Crippen LogP contribution >= 0.6 is 0 Å². The lowest BCUT2D eigenvalue weighted by Gasteiger charge is -2.27. The number of hydrogen-bond donors (Lipinski definition) is 1. The third-order valence-electron chi connectivity index (χ3n) is 3.79. The Morgan fingerprint density at radius 2 is 2.29 bits per heavy atom. The lowest BCUT2D eigenvalue weighted by molar-refractivity contribution is 0.00350. The third-order valence-corrected chi connectivity index (χ3v) is 3.79. The molecule has 21 heavy (non-hydrogen) atoms. The lowest BCUT2D eigenvalue weighted by Crippen LogP contribution is -2.26. The molecule has 0 radical (unpaired) electrons. The number of aromatic nitrogens is 4. The number of benzene rings is 1. The van der Waals surface area contributed by atoms with Gasteiger partial charge in [0.1, 0.15) is 5.75 Å². The topological polar surface area (TPSA) is 88.1 Å². The van der Waals surface area contributed by atoms with Gasteiger partial charge in [0.05, 0.1) is 24.9 Å². The van der Waals surface area contributed by atoms with Crippen LogP contribution in [0.3, 0.4) is 0 Å². The van der Waals surface area contributed by atoms with Crippen LogP contribution in [0, 0.1) is 0 Å². The maximum atomic E-state index is 5.85. The molecule has 2 atom stereocenters. The summed E-state index contributed by atoms with van der Waals surface area (Å²) in [7, 11) is 1.60. The standard InChI is InChI=1S/C14H19N5O2/c1-9-7-11(5-6-21-9)19-14(16-17-18-19)10-3-4-12(15)13(8-10)20-2/h3-4,8-9,11H,5-7,15H2,1-2H3. The van der Waals surface area contributed by atoms with Gasteiger partial charge in [-0.2, -0.15) is 0 Å². The highest BCUT2D eigenvalue weighted by atomic mass is 16.5. The van der Waals surface area contributed by atoms with E-state index in [-0.39, 0.29) is 12.1 Å². The molecule has 2 N–H and O–H groups in total. The number of rotatable bonds is 3. The van der Waals surface area contributed by atoms with Gasteiger partial charge >= 0.3 is 0 Å². The quantitative estimate of drug-likeness (QED) is 0.865. The third kappa shape index (κ3) is 2.69. The number of hydrogen-bond acceptors (Lipinski definition) is 6. The number of ether oxygens (including phenoxy) is 2. The summed E-state index contributed by atoms with van der Waals surface area (Å²) in [4.78, 5) is 0. The van der Waals surface area contributed by atoms with Gasteiger partial charge in [-0.05, 0) is 48.4 Å². The van der Waals surface area contributed by atoms with E-state index in [0.29, 0.717) is 11.4 Å². The van der Waals surface area contributed by atoms with Crippen molar-refractivity contribution in [3.05, 3.63) is 18.2 Å². The summed E-state index contributed by atoms with van der Waals surface area (Å²) >= 11 is 0. The van der Waals surface area contributed by atoms with Gasteiger partial charge in [0, 0.05) is 12.2 Å². The highest BCUT2D eigenvalue weighted by Gasteiger charge is 2.25. The fourth-order valence-corrected chi connectivity index (χ4v) is 2.68. The van der Waals surface area contributed by atoms with Crippen molar-refractivity contribution in [2.24, 2.45) is 0 Å². The van der Waals surface area contributed by atoms with E-state index in [9.17, 15) is 0 Å². The zero-order valence-corrected chi connectivity index (χ0v) is 12.2. The SMILES string of the molecule is COc1cc(-c2nnnn2C2CCOC(C)C2)ccc1N. The highest BCUT2D eigenvalue weighted by molar-refractivity contribution is 5.65. The Morgan fingerprint density at radius 1 is 1.43 bits per heavy atom. The van der Waals surface area contributed by atoms with Gasteiger partial charge in [-0.3, -0.25) is 0 Å². The zero-order valence-electron chi connectivity index (χ0n) is 12.2. The summed E-state index contributed by atoms with van der Waals surface area (Å²) in [6, 6.07) is 5.82. The molecular weight excluding hydrogens is 270 g/mol. The molecule has 0 bridgehead atoms. The highest BCUT2D eigenvalue weighted by Crippen LogP contribution is 2.31. The van der Waals surface area contributed by atoms with Gasteiger partial charge in [-0.1, -0.05) is 0 Å². The van der Waals surface area contributed by atoms with Crippen molar-refractivity contribution in [2.45, 2.75) is 31.9 Å². The van der Waals surface area contributed by atoms with Crippen LogP contribution in [0.15, 0.2) is 18.2 Å². The van der Waals surface area contributed by atoms with Crippen LogP contribution in [0.2, 0.25) is 0 Å². The van der Waals surface area contributed by atoms with E-state index in [1.807, 2.05) is 16.8 Å². The Hall–Kier alpha value is -2.15. The van der Waals surface area contributed by atoms with Crippen LogP contribution in [0.4, 0.5) is 5.69 Å². The molecule has 1 aromatic carbocycles. The van der Waals surface area contributed by atoms with Crippen molar-refractivity contribution in [3.63, 3.8) is 0 Å². The number of nitrogens with zero attached hydrogens (tertiary/aromatic N) is 4. The minimum Gasteiger partial charge on any atom is -0.495 e. The van der Waals surface area contributed by atoms with Crippen LogP contribution in [0.1, 0.15) is 25.8 Å². The number of methoxy groups -OCH3 is 1. The van der Waals surface area contributed by atoms with E-state index in [4.69, 9.17) is 15.2 Å². The second-order valence-electron chi connectivity index (χ2n) is 5.26. The van der Waals surface area contributed by atoms with Crippen LogP contribution in [0.25, 0.3) is 11.4 Å². The Kier molecular flexibility index (Phi) is 3.74. The first-order valence-electron chi connectivity index (χ1n) is 7.02. The predicted molar refractivity (Wildman–Crippen MR) is 77.9 cm³/mol. The maximum Gasteiger partial charge on any atom is 0.182 e. The molecule has 1 aliphatic heterocycles. The molecule has 0 amide bonds. The van der Waals surface area contributed by atoms with E-state index >= 15 is 0 Å². The summed E-state index contributed by atoms with van der Waals surface area (Å²) in [5.74, 6) is 1.36. The van der Waals surface area contributed by atoms with Gasteiger partial charge in [0.2, 0.25) is 0 Å². The molecular formula is C14H19N5O2. The first kappa shape index (κ1) is 13.8. The summed E-state index contributed by atoms with van der Waals surface area (Å²) < 4.78 is 12.7. The first-order chi connectivity index (χ1) is 10.2. The van der Waals surface area contributed by atoms with Crippen LogP contribution in [-0.4, -0.2) is 40.0 Å². The molecule has 3 rings (SSSR count). The number of tetrazole rings is 1. The fraction of sp³-hybridized carbons (Fsp3) is 0.500. The molecule has 2 aromatic rings. The second kappa shape index (κ2) is 5.69. The normalized spacial score (nSPS) is 22.2. The Labute approximate surface area is 123 Å². The van der Waals surface area contributed by atoms with E-state index in [1.165, 1.54) is 0 Å². The molecule has 7 nitrogen and oxygen atoms in total. The number of anilines is 1. The molecule has 7 heteroatoms. The Bertz CT molecular complexity index is 628. The van der Waals surface area contributed by atoms with Gasteiger partial charge in [-0.15, -0.1) is 5.10 Å². The second-order valence-corrected chi connectivity index (χ2v) is 5.26. The van der Waals surface area contributed by atoms with Crippen molar-refractivity contribution in [1.82, 2.24) is 20.2 Å². The summed E-state index contributed by atoms with van der Waals surface area (Å²) in [6.07, 6.45) is 2.04. The van der Waals surface area contributed by atoms with Gasteiger partial charge < -0.3 is 15.2 Å². The fourth-order valence-electron chi connectivity index (χ4n) is 2.68. The monoisotopic (exact) mass is 289 g/mol. The molecule has 0 spiro atoms. The Balaban J connectivity index is 1.95. The first-order valence-corrected chi connectivity index (χ1v) is 7.02. The van der Waals surface area contributed by atoms with E-state index in [0.717, 1.165) is 30.8 Å². The molecule has 1 aromatic heterocycles. The van der Waals surface area contributed by atoms with Crippen molar-refractivity contribution in [2.75, 3.05) is 19.5 Å². The summed E-state index contributed by atoms with van der Waals surface area (Å²) in [5, 5.41) is 12.1. The summed E-state index contributed by atoms with van der Waals surface area (Å²) in [6.45, 7) is 2.80. The van der Waals surface area contributed by atoms with Crippen molar-refractivity contribution in [3.8, 4) is 17.1 Å².